The minimum absolute atomic E-state index is 0.170. The second kappa shape index (κ2) is 7.09. The van der Waals surface area contributed by atoms with Gasteiger partial charge < -0.3 is 18.9 Å². The Labute approximate surface area is 137 Å². The molecule has 116 valence electrons. The van der Waals surface area contributed by atoms with Crippen LogP contribution >= 0.6 is 15.9 Å². The van der Waals surface area contributed by atoms with Crippen LogP contribution in [0.25, 0.3) is 0 Å². The molecule has 2 aromatic rings. The summed E-state index contributed by atoms with van der Waals surface area (Å²) < 4.78 is 23.1. The molecule has 0 spiro atoms. The second-order valence-electron chi connectivity index (χ2n) is 4.81. The Kier molecular flexibility index (Phi) is 4.92. The Morgan fingerprint density at radius 3 is 2.45 bits per heavy atom. The zero-order chi connectivity index (χ0) is 15.4. The lowest BCUT2D eigenvalue weighted by Crippen LogP contribution is -2.35. The molecule has 0 atom stereocenters. The smallest absolute Gasteiger partial charge is 0.214 e. The molecule has 3 rings (SSSR count). The fourth-order valence-corrected chi connectivity index (χ4v) is 2.46. The summed E-state index contributed by atoms with van der Waals surface area (Å²) in [4.78, 5) is 4.23. The molecule has 0 amide bonds. The van der Waals surface area contributed by atoms with E-state index >= 15 is 0 Å². The van der Waals surface area contributed by atoms with Crippen molar-refractivity contribution in [3.63, 3.8) is 0 Å². The molecular formula is C16H16BrNO4. The van der Waals surface area contributed by atoms with Crippen molar-refractivity contribution in [2.75, 3.05) is 20.3 Å². The van der Waals surface area contributed by atoms with E-state index in [2.05, 4.69) is 20.9 Å². The minimum atomic E-state index is -0.374. The van der Waals surface area contributed by atoms with Crippen LogP contribution in [0.2, 0.25) is 0 Å². The van der Waals surface area contributed by atoms with E-state index in [9.17, 15) is 0 Å². The largest absolute Gasteiger partial charge is 0.497 e. The van der Waals surface area contributed by atoms with Crippen LogP contribution in [0.3, 0.4) is 0 Å². The lowest BCUT2D eigenvalue weighted by Gasteiger charge is -2.29. The Bertz CT molecular complexity index is 612. The number of aromatic nitrogens is 1. The molecule has 6 heteroatoms. The lowest BCUT2D eigenvalue weighted by atomic mass is 10.2. The average Bonchev–Trinajstić information content (AvgIpc) is 2.56. The van der Waals surface area contributed by atoms with Gasteiger partial charge in [0, 0.05) is 11.6 Å². The SMILES string of the molecule is COc1ccc(C2OCC(Oc3cccc(Br)n3)CO2)cc1. The monoisotopic (exact) mass is 365 g/mol. The number of halogens is 1. The highest BCUT2D eigenvalue weighted by atomic mass is 79.9. The van der Waals surface area contributed by atoms with Crippen molar-refractivity contribution >= 4 is 15.9 Å². The number of benzene rings is 1. The zero-order valence-electron chi connectivity index (χ0n) is 12.1. The number of methoxy groups -OCH3 is 1. The first kappa shape index (κ1) is 15.3. The Morgan fingerprint density at radius 2 is 1.82 bits per heavy atom. The topological polar surface area (TPSA) is 49.8 Å². The molecule has 22 heavy (non-hydrogen) atoms. The first-order valence-electron chi connectivity index (χ1n) is 6.91. The Morgan fingerprint density at radius 1 is 1.09 bits per heavy atom. The average molecular weight is 366 g/mol. The number of ether oxygens (including phenoxy) is 4. The van der Waals surface area contributed by atoms with Crippen LogP contribution in [0.4, 0.5) is 0 Å². The third kappa shape index (κ3) is 3.76. The second-order valence-corrected chi connectivity index (χ2v) is 5.62. The minimum Gasteiger partial charge on any atom is -0.497 e. The molecule has 0 N–H and O–H groups in total. The molecule has 0 bridgehead atoms. The van der Waals surface area contributed by atoms with Crippen LogP contribution in [0.15, 0.2) is 47.1 Å². The number of pyridine rings is 1. The lowest BCUT2D eigenvalue weighted by molar-refractivity contribution is -0.216. The van der Waals surface area contributed by atoms with Gasteiger partial charge in [0.05, 0.1) is 20.3 Å². The van der Waals surface area contributed by atoms with E-state index in [0.29, 0.717) is 19.1 Å². The quantitative estimate of drug-likeness (QED) is 0.777. The molecule has 1 fully saturated rings. The normalized spacial score (nSPS) is 21.4. The highest BCUT2D eigenvalue weighted by Crippen LogP contribution is 2.26. The predicted molar refractivity (Wildman–Crippen MR) is 84.0 cm³/mol. The molecule has 1 aromatic carbocycles. The van der Waals surface area contributed by atoms with Crippen molar-refractivity contribution in [3.8, 4) is 11.6 Å². The summed E-state index contributed by atoms with van der Waals surface area (Å²) in [5.41, 5.74) is 0.958. The highest BCUT2D eigenvalue weighted by Gasteiger charge is 2.25. The van der Waals surface area contributed by atoms with Crippen LogP contribution in [0.5, 0.6) is 11.6 Å². The van der Waals surface area contributed by atoms with E-state index in [-0.39, 0.29) is 12.4 Å². The summed E-state index contributed by atoms with van der Waals surface area (Å²) in [6.07, 6.45) is -0.544. The van der Waals surface area contributed by atoms with Gasteiger partial charge in [0.25, 0.3) is 0 Å². The summed E-state index contributed by atoms with van der Waals surface area (Å²) in [5, 5.41) is 0. The van der Waals surface area contributed by atoms with Gasteiger partial charge in [-0.15, -0.1) is 0 Å². The first-order valence-corrected chi connectivity index (χ1v) is 7.70. The molecule has 2 heterocycles. The van der Waals surface area contributed by atoms with Gasteiger partial charge in [-0.25, -0.2) is 4.98 Å². The number of rotatable bonds is 4. The van der Waals surface area contributed by atoms with Crippen molar-refractivity contribution in [1.29, 1.82) is 0 Å². The molecule has 0 saturated carbocycles. The number of nitrogens with zero attached hydrogens (tertiary/aromatic N) is 1. The third-order valence-corrected chi connectivity index (χ3v) is 3.67. The number of hydrogen-bond acceptors (Lipinski definition) is 5. The maximum Gasteiger partial charge on any atom is 0.214 e. The molecule has 1 aromatic heterocycles. The summed E-state index contributed by atoms with van der Waals surface area (Å²) in [7, 11) is 1.64. The molecule has 1 aliphatic heterocycles. The van der Waals surface area contributed by atoms with Gasteiger partial charge in [0.2, 0.25) is 5.88 Å². The van der Waals surface area contributed by atoms with Crippen LogP contribution in [-0.2, 0) is 9.47 Å². The van der Waals surface area contributed by atoms with Crippen molar-refractivity contribution in [1.82, 2.24) is 4.98 Å². The van der Waals surface area contributed by atoms with E-state index in [1.54, 1.807) is 13.2 Å². The van der Waals surface area contributed by atoms with Gasteiger partial charge in [-0.1, -0.05) is 18.2 Å². The predicted octanol–water partition coefficient (Wildman–Crippen LogP) is 3.35. The summed E-state index contributed by atoms with van der Waals surface area (Å²) in [5.74, 6) is 1.36. The van der Waals surface area contributed by atoms with Gasteiger partial charge in [0.1, 0.15) is 16.5 Å². The number of hydrogen-bond donors (Lipinski definition) is 0. The van der Waals surface area contributed by atoms with Gasteiger partial charge in [-0.05, 0) is 34.1 Å². The highest BCUT2D eigenvalue weighted by molar-refractivity contribution is 9.10. The fourth-order valence-electron chi connectivity index (χ4n) is 2.13. The van der Waals surface area contributed by atoms with Crippen LogP contribution in [0, 0.1) is 0 Å². The van der Waals surface area contributed by atoms with E-state index in [1.165, 1.54) is 0 Å². The van der Waals surface area contributed by atoms with Gasteiger partial charge in [-0.2, -0.15) is 0 Å². The van der Waals surface area contributed by atoms with Crippen molar-refractivity contribution in [2.45, 2.75) is 12.4 Å². The summed E-state index contributed by atoms with van der Waals surface area (Å²) >= 11 is 3.31. The maximum absolute atomic E-state index is 5.75. The molecular weight excluding hydrogens is 350 g/mol. The molecule has 5 nitrogen and oxygen atoms in total. The van der Waals surface area contributed by atoms with E-state index in [1.807, 2.05) is 36.4 Å². The summed E-state index contributed by atoms with van der Waals surface area (Å²) in [6.45, 7) is 0.899. The zero-order valence-corrected chi connectivity index (χ0v) is 13.7. The molecule has 1 saturated heterocycles. The molecule has 1 aliphatic rings. The van der Waals surface area contributed by atoms with Crippen molar-refractivity contribution in [3.05, 3.63) is 52.6 Å². The van der Waals surface area contributed by atoms with Crippen molar-refractivity contribution < 1.29 is 18.9 Å². The molecule has 0 radical (unpaired) electrons. The third-order valence-electron chi connectivity index (χ3n) is 3.23. The van der Waals surface area contributed by atoms with E-state index in [4.69, 9.17) is 18.9 Å². The van der Waals surface area contributed by atoms with Gasteiger partial charge in [0.15, 0.2) is 6.29 Å². The van der Waals surface area contributed by atoms with Crippen LogP contribution in [-0.4, -0.2) is 31.4 Å². The van der Waals surface area contributed by atoms with Crippen LogP contribution < -0.4 is 9.47 Å². The Hall–Kier alpha value is -1.63. The fraction of sp³-hybridized carbons (Fsp3) is 0.312. The molecule has 0 unspecified atom stereocenters. The van der Waals surface area contributed by atoms with E-state index in [0.717, 1.165) is 15.9 Å². The Balaban J connectivity index is 1.55. The van der Waals surface area contributed by atoms with Gasteiger partial charge >= 0.3 is 0 Å². The summed E-state index contributed by atoms with van der Waals surface area (Å²) in [6, 6.07) is 13.2. The maximum atomic E-state index is 5.75. The van der Waals surface area contributed by atoms with E-state index < -0.39 is 0 Å². The van der Waals surface area contributed by atoms with Crippen molar-refractivity contribution in [2.24, 2.45) is 0 Å². The standard InChI is InChI=1S/C16H16BrNO4/c1-19-12-7-5-11(6-8-12)16-20-9-13(10-21-16)22-15-4-2-3-14(17)18-15/h2-8,13,16H,9-10H2,1H3. The first-order chi connectivity index (χ1) is 10.7. The molecule has 0 aliphatic carbocycles. The van der Waals surface area contributed by atoms with Gasteiger partial charge in [-0.3, -0.25) is 0 Å². The van der Waals surface area contributed by atoms with Crippen LogP contribution in [0.1, 0.15) is 11.9 Å².